The molecule has 1 aromatic heterocycles. The molecule has 3 aromatic rings. The van der Waals surface area contributed by atoms with Crippen molar-refractivity contribution < 1.29 is 5.11 Å². The molecule has 0 saturated heterocycles. The summed E-state index contributed by atoms with van der Waals surface area (Å²) in [6.07, 6.45) is 1.07. The number of aromatic nitrogens is 2. The molecule has 0 bridgehead atoms. The van der Waals surface area contributed by atoms with E-state index in [2.05, 4.69) is 27.4 Å². The molecule has 3 rings (SSSR count). The number of nitrogens with zero attached hydrogens (tertiary/aromatic N) is 3. The molecule has 0 spiro atoms. The van der Waals surface area contributed by atoms with Gasteiger partial charge >= 0.3 is 0 Å². The molecule has 2 aromatic carbocycles. The van der Waals surface area contributed by atoms with Gasteiger partial charge in [0.25, 0.3) is 0 Å². The third-order valence-electron chi connectivity index (χ3n) is 3.96. The highest BCUT2D eigenvalue weighted by Gasteiger charge is 2.09. The molecule has 5 heteroatoms. The van der Waals surface area contributed by atoms with E-state index in [1.807, 2.05) is 67.5 Å². The monoisotopic (exact) mass is 334 g/mol. The largest absolute Gasteiger partial charge is 0.387 e. The maximum atomic E-state index is 10.4. The summed E-state index contributed by atoms with van der Waals surface area (Å²) in [6.45, 7) is 0.349. The first-order valence-electron chi connectivity index (χ1n) is 8.21. The van der Waals surface area contributed by atoms with E-state index in [9.17, 15) is 5.11 Å². The van der Waals surface area contributed by atoms with Crippen LogP contribution in [0.5, 0.6) is 0 Å². The predicted octanol–water partition coefficient (Wildman–Crippen LogP) is 3.36. The van der Waals surface area contributed by atoms with Crippen LogP contribution in [0.1, 0.15) is 11.7 Å². The lowest BCUT2D eigenvalue weighted by atomic mass is 10.0. The van der Waals surface area contributed by atoms with E-state index in [0.717, 1.165) is 22.5 Å². The summed E-state index contributed by atoms with van der Waals surface area (Å²) in [5.74, 6) is 1.32. The van der Waals surface area contributed by atoms with Crippen LogP contribution in [-0.4, -0.2) is 35.7 Å². The molecule has 5 nitrogen and oxygen atoms in total. The molecule has 0 fully saturated rings. The molecule has 1 atom stereocenters. The van der Waals surface area contributed by atoms with E-state index in [1.165, 1.54) is 0 Å². The standard InChI is InChI=1S/C20H22N4O/c1-24(2)19-12-13-21-20(23-19)22-14-18(25)17-10-8-16(9-11-17)15-6-4-3-5-7-15/h3-13,18,25H,14H2,1-2H3,(H,21,22,23). The molecular formula is C20H22N4O. The van der Waals surface area contributed by atoms with Gasteiger partial charge in [0.2, 0.25) is 5.95 Å². The molecule has 0 aliphatic rings. The van der Waals surface area contributed by atoms with Gasteiger partial charge in [0.15, 0.2) is 0 Å². The summed E-state index contributed by atoms with van der Waals surface area (Å²) in [6, 6.07) is 20.0. The lowest BCUT2D eigenvalue weighted by Gasteiger charge is -2.15. The number of benzene rings is 2. The Hall–Kier alpha value is -2.92. The van der Waals surface area contributed by atoms with Crippen LogP contribution in [-0.2, 0) is 0 Å². The molecule has 0 aliphatic heterocycles. The molecule has 2 N–H and O–H groups in total. The van der Waals surface area contributed by atoms with Crippen molar-refractivity contribution in [1.29, 1.82) is 0 Å². The second-order valence-corrected chi connectivity index (χ2v) is 6.02. The summed E-state index contributed by atoms with van der Waals surface area (Å²) in [4.78, 5) is 10.5. The van der Waals surface area contributed by atoms with E-state index >= 15 is 0 Å². The second-order valence-electron chi connectivity index (χ2n) is 6.02. The van der Waals surface area contributed by atoms with Gasteiger partial charge in [-0.3, -0.25) is 0 Å². The molecule has 0 saturated carbocycles. The van der Waals surface area contributed by atoms with Gasteiger partial charge in [-0.15, -0.1) is 0 Å². The van der Waals surface area contributed by atoms with Crippen molar-refractivity contribution in [2.75, 3.05) is 30.9 Å². The highest BCUT2D eigenvalue weighted by Crippen LogP contribution is 2.22. The maximum Gasteiger partial charge on any atom is 0.224 e. The van der Waals surface area contributed by atoms with Gasteiger partial charge in [-0.25, -0.2) is 4.98 Å². The summed E-state index contributed by atoms with van der Waals surface area (Å²) in [5, 5.41) is 13.5. The zero-order chi connectivity index (χ0) is 17.6. The van der Waals surface area contributed by atoms with Crippen LogP contribution in [0.15, 0.2) is 66.9 Å². The zero-order valence-electron chi connectivity index (χ0n) is 14.4. The SMILES string of the molecule is CN(C)c1ccnc(NCC(O)c2ccc(-c3ccccc3)cc2)n1. The Morgan fingerprint density at radius 3 is 2.32 bits per heavy atom. The van der Waals surface area contributed by atoms with Crippen molar-refractivity contribution in [3.8, 4) is 11.1 Å². The molecule has 1 heterocycles. The maximum absolute atomic E-state index is 10.4. The molecule has 0 aliphatic carbocycles. The zero-order valence-corrected chi connectivity index (χ0v) is 14.4. The van der Waals surface area contributed by atoms with E-state index in [-0.39, 0.29) is 0 Å². The number of aliphatic hydroxyl groups excluding tert-OH is 1. The minimum Gasteiger partial charge on any atom is -0.387 e. The summed E-state index contributed by atoms with van der Waals surface area (Å²) >= 11 is 0. The number of nitrogens with one attached hydrogen (secondary N) is 1. The van der Waals surface area contributed by atoms with Crippen molar-refractivity contribution in [1.82, 2.24) is 9.97 Å². The topological polar surface area (TPSA) is 61.3 Å². The average Bonchev–Trinajstić information content (AvgIpc) is 2.67. The predicted molar refractivity (Wildman–Crippen MR) is 102 cm³/mol. The number of hydrogen-bond acceptors (Lipinski definition) is 5. The van der Waals surface area contributed by atoms with Crippen molar-refractivity contribution in [3.05, 3.63) is 72.4 Å². The van der Waals surface area contributed by atoms with E-state index in [1.54, 1.807) is 6.20 Å². The van der Waals surface area contributed by atoms with Crippen LogP contribution in [0.25, 0.3) is 11.1 Å². The summed E-state index contributed by atoms with van der Waals surface area (Å²) in [5.41, 5.74) is 3.15. The molecule has 25 heavy (non-hydrogen) atoms. The number of anilines is 2. The Kier molecular flexibility index (Phi) is 5.26. The minimum absolute atomic E-state index is 0.349. The highest BCUT2D eigenvalue weighted by molar-refractivity contribution is 5.63. The smallest absolute Gasteiger partial charge is 0.224 e. The van der Waals surface area contributed by atoms with E-state index in [0.29, 0.717) is 12.5 Å². The van der Waals surface area contributed by atoms with Crippen molar-refractivity contribution in [3.63, 3.8) is 0 Å². The molecule has 128 valence electrons. The Morgan fingerprint density at radius 2 is 1.64 bits per heavy atom. The van der Waals surface area contributed by atoms with Gasteiger partial charge in [0.05, 0.1) is 6.10 Å². The van der Waals surface area contributed by atoms with Crippen LogP contribution >= 0.6 is 0 Å². The normalized spacial score (nSPS) is 11.8. The first-order chi connectivity index (χ1) is 12.1. The second kappa shape index (κ2) is 7.77. The van der Waals surface area contributed by atoms with Crippen molar-refractivity contribution >= 4 is 11.8 Å². The minimum atomic E-state index is -0.628. The number of hydrogen-bond donors (Lipinski definition) is 2. The van der Waals surface area contributed by atoms with Gasteiger partial charge in [-0.2, -0.15) is 4.98 Å². The van der Waals surface area contributed by atoms with Gasteiger partial charge < -0.3 is 15.3 Å². The third kappa shape index (κ3) is 4.33. The Labute approximate surface area is 148 Å². The first kappa shape index (κ1) is 16.9. The van der Waals surface area contributed by atoms with Crippen molar-refractivity contribution in [2.24, 2.45) is 0 Å². The molecular weight excluding hydrogens is 312 g/mol. The summed E-state index contributed by atoms with van der Waals surface area (Å²) < 4.78 is 0. The van der Waals surface area contributed by atoms with Crippen LogP contribution in [0.3, 0.4) is 0 Å². The fourth-order valence-electron chi connectivity index (χ4n) is 2.52. The Balaban J connectivity index is 1.63. The fraction of sp³-hybridized carbons (Fsp3) is 0.200. The van der Waals surface area contributed by atoms with Crippen LogP contribution in [0.4, 0.5) is 11.8 Å². The summed E-state index contributed by atoms with van der Waals surface area (Å²) in [7, 11) is 3.85. The average molecular weight is 334 g/mol. The highest BCUT2D eigenvalue weighted by atomic mass is 16.3. The Morgan fingerprint density at radius 1 is 0.960 bits per heavy atom. The van der Waals surface area contributed by atoms with E-state index < -0.39 is 6.10 Å². The van der Waals surface area contributed by atoms with Crippen LogP contribution in [0, 0.1) is 0 Å². The molecule has 0 radical (unpaired) electrons. The van der Waals surface area contributed by atoms with Gasteiger partial charge in [0, 0.05) is 26.8 Å². The molecule has 0 amide bonds. The molecule has 1 unspecified atom stereocenters. The quantitative estimate of drug-likeness (QED) is 0.724. The Bertz CT molecular complexity index is 803. The van der Waals surface area contributed by atoms with Gasteiger partial charge in [0.1, 0.15) is 5.82 Å². The lowest BCUT2D eigenvalue weighted by molar-refractivity contribution is 0.191. The van der Waals surface area contributed by atoms with Gasteiger partial charge in [-0.05, 0) is 22.8 Å². The first-order valence-corrected chi connectivity index (χ1v) is 8.21. The fourth-order valence-corrected chi connectivity index (χ4v) is 2.52. The number of aliphatic hydroxyl groups is 1. The third-order valence-corrected chi connectivity index (χ3v) is 3.96. The van der Waals surface area contributed by atoms with Gasteiger partial charge in [-0.1, -0.05) is 54.6 Å². The number of rotatable bonds is 6. The van der Waals surface area contributed by atoms with Crippen LogP contribution < -0.4 is 10.2 Å². The lowest BCUT2D eigenvalue weighted by Crippen LogP contribution is -2.16. The van der Waals surface area contributed by atoms with Crippen LogP contribution in [0.2, 0.25) is 0 Å². The van der Waals surface area contributed by atoms with E-state index in [4.69, 9.17) is 0 Å². The van der Waals surface area contributed by atoms with Crippen molar-refractivity contribution in [2.45, 2.75) is 6.10 Å².